The van der Waals surface area contributed by atoms with Gasteiger partial charge >= 0.3 is 0 Å². The van der Waals surface area contributed by atoms with Crippen molar-refractivity contribution in [2.75, 3.05) is 4.72 Å². The molecule has 5 nitrogen and oxygen atoms in total. The summed E-state index contributed by atoms with van der Waals surface area (Å²) in [6, 6.07) is 15.5. The van der Waals surface area contributed by atoms with Crippen molar-refractivity contribution in [1.82, 2.24) is 9.78 Å². The van der Waals surface area contributed by atoms with E-state index in [0.717, 1.165) is 16.7 Å². The SMILES string of the molecule is Cc1cc(C)cc(NS(=O)(=O)c2cn(Cc3ccccc3)nc2C(C)(C)C)c1. The third-order valence-electron chi connectivity index (χ3n) is 4.39. The quantitative estimate of drug-likeness (QED) is 0.682. The fourth-order valence-corrected chi connectivity index (χ4v) is 4.61. The molecule has 6 heteroatoms. The van der Waals surface area contributed by atoms with E-state index < -0.39 is 15.4 Å². The van der Waals surface area contributed by atoms with Crippen LogP contribution in [0.1, 0.15) is 43.2 Å². The lowest BCUT2D eigenvalue weighted by molar-refractivity contribution is 0.533. The first-order valence-corrected chi connectivity index (χ1v) is 10.8. The number of nitrogens with one attached hydrogen (secondary N) is 1. The maximum absolute atomic E-state index is 13.2. The molecule has 0 atom stereocenters. The Kier molecular flexibility index (Phi) is 5.35. The number of aromatic nitrogens is 2. The van der Waals surface area contributed by atoms with Crippen LogP contribution in [0.3, 0.4) is 0 Å². The van der Waals surface area contributed by atoms with Crippen molar-refractivity contribution in [3.8, 4) is 0 Å². The Morgan fingerprint density at radius 3 is 2.18 bits per heavy atom. The van der Waals surface area contributed by atoms with Gasteiger partial charge in [0.1, 0.15) is 4.90 Å². The van der Waals surface area contributed by atoms with Gasteiger partial charge in [-0.15, -0.1) is 0 Å². The zero-order chi connectivity index (χ0) is 20.5. The highest BCUT2D eigenvalue weighted by molar-refractivity contribution is 7.92. The second-order valence-corrected chi connectivity index (χ2v) is 9.91. The summed E-state index contributed by atoms with van der Waals surface area (Å²) < 4.78 is 30.8. The van der Waals surface area contributed by atoms with Gasteiger partial charge in [-0.3, -0.25) is 9.40 Å². The van der Waals surface area contributed by atoms with E-state index in [1.54, 1.807) is 10.9 Å². The first kappa shape index (κ1) is 20.1. The zero-order valence-electron chi connectivity index (χ0n) is 17.0. The molecule has 3 rings (SSSR count). The fraction of sp³-hybridized carbons (Fsp3) is 0.318. The van der Waals surface area contributed by atoms with Crippen molar-refractivity contribution in [2.24, 2.45) is 0 Å². The van der Waals surface area contributed by atoms with Gasteiger partial charge in [0.05, 0.1) is 12.2 Å². The topological polar surface area (TPSA) is 64.0 Å². The summed E-state index contributed by atoms with van der Waals surface area (Å²) in [6.45, 7) is 10.3. The smallest absolute Gasteiger partial charge is 0.265 e. The molecule has 1 N–H and O–H groups in total. The highest BCUT2D eigenvalue weighted by Crippen LogP contribution is 2.29. The van der Waals surface area contributed by atoms with Crippen LogP contribution in [0.15, 0.2) is 59.6 Å². The van der Waals surface area contributed by atoms with E-state index >= 15 is 0 Å². The predicted octanol–water partition coefficient (Wildman–Crippen LogP) is 4.65. The van der Waals surface area contributed by atoms with Crippen molar-refractivity contribution in [3.05, 3.63) is 77.1 Å². The number of rotatable bonds is 5. The lowest BCUT2D eigenvalue weighted by atomic mass is 9.92. The number of benzene rings is 2. The van der Waals surface area contributed by atoms with E-state index in [2.05, 4.69) is 9.82 Å². The fourth-order valence-electron chi connectivity index (χ4n) is 3.21. The molecule has 2 aromatic carbocycles. The zero-order valence-corrected chi connectivity index (χ0v) is 17.8. The second-order valence-electron chi connectivity index (χ2n) is 8.26. The summed E-state index contributed by atoms with van der Waals surface area (Å²) in [5.41, 5.74) is 3.79. The Bertz CT molecular complexity index is 1060. The minimum atomic E-state index is -3.77. The average molecular weight is 398 g/mol. The molecule has 0 aliphatic carbocycles. The first-order valence-electron chi connectivity index (χ1n) is 9.27. The van der Waals surface area contributed by atoms with Crippen LogP contribution in [0, 0.1) is 13.8 Å². The molecule has 1 aromatic heterocycles. The minimum absolute atomic E-state index is 0.218. The van der Waals surface area contributed by atoms with E-state index in [9.17, 15) is 8.42 Å². The molecule has 0 bridgehead atoms. The molecule has 0 aliphatic heterocycles. The molecule has 0 fully saturated rings. The maximum Gasteiger partial charge on any atom is 0.265 e. The molecular weight excluding hydrogens is 370 g/mol. The third-order valence-corrected chi connectivity index (χ3v) is 5.77. The molecular formula is C22H27N3O2S. The van der Waals surface area contributed by atoms with Crippen LogP contribution in [0.25, 0.3) is 0 Å². The van der Waals surface area contributed by atoms with Gasteiger partial charge in [-0.2, -0.15) is 5.10 Å². The van der Waals surface area contributed by atoms with E-state index in [1.165, 1.54) is 0 Å². The molecule has 148 valence electrons. The third kappa shape index (κ3) is 4.62. The molecule has 0 amide bonds. The first-order chi connectivity index (χ1) is 13.0. The van der Waals surface area contributed by atoms with Gasteiger partial charge in [-0.25, -0.2) is 8.42 Å². The average Bonchev–Trinajstić information content (AvgIpc) is 2.99. The number of aryl methyl sites for hydroxylation is 2. The predicted molar refractivity (Wildman–Crippen MR) is 113 cm³/mol. The van der Waals surface area contributed by atoms with Crippen LogP contribution in [-0.2, 0) is 22.0 Å². The number of sulfonamides is 1. The summed E-state index contributed by atoms with van der Waals surface area (Å²) in [5.74, 6) is 0. The summed E-state index contributed by atoms with van der Waals surface area (Å²) in [4.78, 5) is 0.218. The Balaban J connectivity index is 2.00. The summed E-state index contributed by atoms with van der Waals surface area (Å²) in [6.07, 6.45) is 1.62. The highest BCUT2D eigenvalue weighted by Gasteiger charge is 2.30. The lowest BCUT2D eigenvalue weighted by Crippen LogP contribution is -2.20. The Morgan fingerprint density at radius 2 is 1.61 bits per heavy atom. The van der Waals surface area contributed by atoms with E-state index in [0.29, 0.717) is 17.9 Å². The Morgan fingerprint density at radius 1 is 1.00 bits per heavy atom. The van der Waals surface area contributed by atoms with Gasteiger partial charge in [-0.1, -0.05) is 57.2 Å². The summed E-state index contributed by atoms with van der Waals surface area (Å²) in [7, 11) is -3.77. The largest absolute Gasteiger partial charge is 0.280 e. The van der Waals surface area contributed by atoms with Crippen LogP contribution in [0.2, 0.25) is 0 Å². The van der Waals surface area contributed by atoms with E-state index in [-0.39, 0.29) is 4.90 Å². The molecule has 28 heavy (non-hydrogen) atoms. The monoisotopic (exact) mass is 397 g/mol. The van der Waals surface area contributed by atoms with Crippen LogP contribution in [-0.4, -0.2) is 18.2 Å². The van der Waals surface area contributed by atoms with Crippen molar-refractivity contribution >= 4 is 15.7 Å². The van der Waals surface area contributed by atoms with Crippen LogP contribution in [0.5, 0.6) is 0 Å². The van der Waals surface area contributed by atoms with Gasteiger partial charge in [0.15, 0.2) is 0 Å². The summed E-state index contributed by atoms with van der Waals surface area (Å²) in [5, 5.41) is 4.62. The number of nitrogens with zero attached hydrogens (tertiary/aromatic N) is 2. The van der Waals surface area contributed by atoms with Crippen molar-refractivity contribution in [3.63, 3.8) is 0 Å². The Labute approximate surface area is 167 Å². The second kappa shape index (κ2) is 7.43. The molecule has 0 unspecified atom stereocenters. The highest BCUT2D eigenvalue weighted by atomic mass is 32.2. The molecule has 0 saturated heterocycles. The Hall–Kier alpha value is -2.60. The van der Waals surface area contributed by atoms with Crippen molar-refractivity contribution < 1.29 is 8.42 Å². The molecule has 1 heterocycles. The van der Waals surface area contributed by atoms with Gasteiger partial charge in [0.2, 0.25) is 0 Å². The normalized spacial score (nSPS) is 12.2. The molecule has 0 aliphatic rings. The molecule has 3 aromatic rings. The van der Waals surface area contributed by atoms with Gasteiger partial charge in [-0.05, 0) is 42.7 Å². The standard InChI is InChI=1S/C22H27N3O2S/c1-16-11-17(2)13-19(12-16)24-28(26,27)20-15-25(23-21(20)22(3,4)5)14-18-9-7-6-8-10-18/h6-13,15,24H,14H2,1-5H3. The van der Waals surface area contributed by atoms with E-state index in [1.807, 2.05) is 83.1 Å². The number of hydrogen-bond acceptors (Lipinski definition) is 3. The van der Waals surface area contributed by atoms with Crippen molar-refractivity contribution in [2.45, 2.75) is 51.5 Å². The van der Waals surface area contributed by atoms with Gasteiger partial charge in [0, 0.05) is 17.3 Å². The maximum atomic E-state index is 13.2. The van der Waals surface area contributed by atoms with Gasteiger partial charge < -0.3 is 0 Å². The number of anilines is 1. The van der Waals surface area contributed by atoms with Crippen LogP contribution in [0.4, 0.5) is 5.69 Å². The number of hydrogen-bond donors (Lipinski definition) is 1. The minimum Gasteiger partial charge on any atom is -0.280 e. The lowest BCUT2D eigenvalue weighted by Gasteiger charge is -2.18. The van der Waals surface area contributed by atoms with Crippen LogP contribution < -0.4 is 4.72 Å². The van der Waals surface area contributed by atoms with Crippen molar-refractivity contribution in [1.29, 1.82) is 0 Å². The van der Waals surface area contributed by atoms with Gasteiger partial charge in [0.25, 0.3) is 10.0 Å². The van der Waals surface area contributed by atoms with E-state index in [4.69, 9.17) is 0 Å². The summed E-state index contributed by atoms with van der Waals surface area (Å²) >= 11 is 0. The molecule has 0 saturated carbocycles. The molecule has 0 spiro atoms. The van der Waals surface area contributed by atoms with Crippen LogP contribution >= 0.6 is 0 Å². The molecule has 0 radical (unpaired) electrons.